The van der Waals surface area contributed by atoms with Crippen molar-refractivity contribution in [1.29, 1.82) is 0 Å². The number of hydrogen-bond donors (Lipinski definition) is 2. The van der Waals surface area contributed by atoms with Crippen molar-refractivity contribution in [2.75, 3.05) is 0 Å². The highest BCUT2D eigenvalue weighted by Gasteiger charge is 2.19. The van der Waals surface area contributed by atoms with E-state index in [9.17, 15) is 5.11 Å². The summed E-state index contributed by atoms with van der Waals surface area (Å²) in [5.74, 6) is 0. The van der Waals surface area contributed by atoms with Crippen LogP contribution in [0, 0.1) is 6.92 Å². The lowest BCUT2D eigenvalue weighted by Gasteiger charge is -2.27. The van der Waals surface area contributed by atoms with Gasteiger partial charge in [0.05, 0.1) is 11.6 Å². The minimum absolute atomic E-state index is 0.128. The molecule has 2 unspecified atom stereocenters. The van der Waals surface area contributed by atoms with Crippen molar-refractivity contribution in [2.24, 2.45) is 0 Å². The van der Waals surface area contributed by atoms with E-state index in [1.54, 1.807) is 0 Å². The zero-order chi connectivity index (χ0) is 13.9. The third-order valence-electron chi connectivity index (χ3n) is 4.16. The summed E-state index contributed by atoms with van der Waals surface area (Å²) in [5.41, 5.74) is 3.42. The molecule has 0 aliphatic heterocycles. The van der Waals surface area contributed by atoms with Crippen molar-refractivity contribution in [1.82, 2.24) is 10.3 Å². The molecule has 0 radical (unpaired) electrons. The Morgan fingerprint density at radius 3 is 3.00 bits per heavy atom. The fourth-order valence-corrected chi connectivity index (χ4v) is 3.14. The van der Waals surface area contributed by atoms with Gasteiger partial charge in [0.1, 0.15) is 0 Å². The monoisotopic (exact) mass is 270 g/mol. The first-order chi connectivity index (χ1) is 9.72. The van der Waals surface area contributed by atoms with Gasteiger partial charge in [-0.15, -0.1) is 0 Å². The smallest absolute Gasteiger partial charge is 0.0708 e. The van der Waals surface area contributed by atoms with E-state index in [1.807, 2.05) is 13.0 Å². The van der Waals surface area contributed by atoms with Crippen molar-refractivity contribution in [3.63, 3.8) is 0 Å². The highest BCUT2D eigenvalue weighted by molar-refractivity contribution is 5.82. The Bertz CT molecular complexity index is 597. The van der Waals surface area contributed by atoms with Gasteiger partial charge < -0.3 is 10.4 Å². The average Bonchev–Trinajstić information content (AvgIpc) is 2.44. The summed E-state index contributed by atoms with van der Waals surface area (Å²) in [5, 5.41) is 14.6. The van der Waals surface area contributed by atoms with Crippen LogP contribution in [-0.4, -0.2) is 22.2 Å². The summed E-state index contributed by atoms with van der Waals surface area (Å²) in [6.07, 6.45) is 3.99. The fraction of sp³-hybridized carbons (Fsp3) is 0.471. The molecule has 20 heavy (non-hydrogen) atoms. The number of aliphatic hydroxyl groups excluding tert-OH is 1. The van der Waals surface area contributed by atoms with Crippen LogP contribution >= 0.6 is 0 Å². The van der Waals surface area contributed by atoms with Gasteiger partial charge in [-0.3, -0.25) is 4.98 Å². The van der Waals surface area contributed by atoms with Gasteiger partial charge in [0.2, 0.25) is 0 Å². The number of rotatable bonds is 3. The SMILES string of the molecule is Cc1cc(CNC2CCCC(O)C2)c2ccccc2n1. The molecule has 1 aromatic carbocycles. The summed E-state index contributed by atoms with van der Waals surface area (Å²) in [4.78, 5) is 4.58. The summed E-state index contributed by atoms with van der Waals surface area (Å²) in [7, 11) is 0. The average molecular weight is 270 g/mol. The molecular weight excluding hydrogens is 248 g/mol. The quantitative estimate of drug-likeness (QED) is 0.901. The number of pyridine rings is 1. The molecule has 1 aliphatic rings. The number of aryl methyl sites for hydroxylation is 1. The van der Waals surface area contributed by atoms with Crippen LogP contribution in [0.25, 0.3) is 10.9 Å². The first kappa shape index (κ1) is 13.5. The minimum atomic E-state index is -0.128. The lowest BCUT2D eigenvalue weighted by Crippen LogP contribution is -2.35. The molecule has 1 fully saturated rings. The van der Waals surface area contributed by atoms with Crippen LogP contribution in [0.3, 0.4) is 0 Å². The van der Waals surface area contributed by atoms with Crippen LogP contribution < -0.4 is 5.32 Å². The number of para-hydroxylation sites is 1. The summed E-state index contributed by atoms with van der Waals surface area (Å²) in [6, 6.07) is 10.9. The van der Waals surface area contributed by atoms with E-state index >= 15 is 0 Å². The highest BCUT2D eigenvalue weighted by Crippen LogP contribution is 2.21. The van der Waals surface area contributed by atoms with E-state index < -0.39 is 0 Å². The number of nitrogens with zero attached hydrogens (tertiary/aromatic N) is 1. The summed E-state index contributed by atoms with van der Waals surface area (Å²) in [6.45, 7) is 2.89. The predicted molar refractivity (Wildman–Crippen MR) is 81.6 cm³/mol. The van der Waals surface area contributed by atoms with Crippen LogP contribution in [0.5, 0.6) is 0 Å². The fourth-order valence-electron chi connectivity index (χ4n) is 3.14. The second-order valence-corrected chi connectivity index (χ2v) is 5.84. The Hall–Kier alpha value is -1.45. The topological polar surface area (TPSA) is 45.1 Å². The number of hydrogen-bond acceptors (Lipinski definition) is 3. The molecular formula is C17H22N2O. The van der Waals surface area contributed by atoms with Crippen LogP contribution in [0.1, 0.15) is 36.9 Å². The molecule has 3 heteroatoms. The number of nitrogens with one attached hydrogen (secondary N) is 1. The number of aromatic nitrogens is 1. The predicted octanol–water partition coefficient (Wildman–Crippen LogP) is 2.94. The lowest BCUT2D eigenvalue weighted by atomic mass is 9.93. The Kier molecular flexibility index (Phi) is 3.99. The maximum atomic E-state index is 9.74. The van der Waals surface area contributed by atoms with E-state index in [2.05, 4.69) is 34.6 Å². The molecule has 1 saturated carbocycles. The van der Waals surface area contributed by atoms with Gasteiger partial charge >= 0.3 is 0 Å². The second kappa shape index (κ2) is 5.90. The maximum absolute atomic E-state index is 9.74. The van der Waals surface area contributed by atoms with Crippen LogP contribution in [0.4, 0.5) is 0 Å². The summed E-state index contributed by atoms with van der Waals surface area (Å²) < 4.78 is 0. The molecule has 3 rings (SSSR count). The summed E-state index contributed by atoms with van der Waals surface area (Å²) >= 11 is 0. The van der Waals surface area contributed by atoms with E-state index in [0.717, 1.165) is 37.0 Å². The Labute approximate surface area is 120 Å². The van der Waals surface area contributed by atoms with E-state index in [1.165, 1.54) is 17.4 Å². The minimum Gasteiger partial charge on any atom is -0.393 e. The molecule has 1 heterocycles. The molecule has 0 saturated heterocycles. The molecule has 2 N–H and O–H groups in total. The largest absolute Gasteiger partial charge is 0.393 e. The van der Waals surface area contributed by atoms with Gasteiger partial charge in [-0.05, 0) is 50.3 Å². The normalized spacial score (nSPS) is 23.1. The van der Waals surface area contributed by atoms with Gasteiger partial charge in [0.15, 0.2) is 0 Å². The number of benzene rings is 1. The molecule has 3 nitrogen and oxygen atoms in total. The Morgan fingerprint density at radius 1 is 1.30 bits per heavy atom. The second-order valence-electron chi connectivity index (χ2n) is 5.84. The zero-order valence-corrected chi connectivity index (χ0v) is 12.0. The molecule has 1 aliphatic carbocycles. The van der Waals surface area contributed by atoms with Gasteiger partial charge in [0, 0.05) is 23.7 Å². The van der Waals surface area contributed by atoms with Crippen molar-refractivity contribution in [2.45, 2.75) is 51.3 Å². The van der Waals surface area contributed by atoms with Crippen LogP contribution in [0.15, 0.2) is 30.3 Å². The van der Waals surface area contributed by atoms with E-state index in [0.29, 0.717) is 6.04 Å². The third-order valence-corrected chi connectivity index (χ3v) is 4.16. The molecule has 106 valence electrons. The first-order valence-electron chi connectivity index (χ1n) is 7.49. The molecule has 1 aromatic heterocycles. The van der Waals surface area contributed by atoms with Gasteiger partial charge in [-0.2, -0.15) is 0 Å². The van der Waals surface area contributed by atoms with Gasteiger partial charge in [0.25, 0.3) is 0 Å². The lowest BCUT2D eigenvalue weighted by molar-refractivity contribution is 0.111. The Balaban J connectivity index is 1.77. The van der Waals surface area contributed by atoms with Crippen LogP contribution in [0.2, 0.25) is 0 Å². The number of fused-ring (bicyclic) bond motifs is 1. The number of aliphatic hydroxyl groups is 1. The first-order valence-corrected chi connectivity index (χ1v) is 7.49. The van der Waals surface area contributed by atoms with E-state index in [4.69, 9.17) is 0 Å². The maximum Gasteiger partial charge on any atom is 0.0708 e. The molecule has 0 bridgehead atoms. The third kappa shape index (κ3) is 3.00. The van der Waals surface area contributed by atoms with Crippen molar-refractivity contribution in [3.8, 4) is 0 Å². The Morgan fingerprint density at radius 2 is 2.15 bits per heavy atom. The van der Waals surface area contributed by atoms with Crippen LogP contribution in [-0.2, 0) is 6.54 Å². The van der Waals surface area contributed by atoms with Gasteiger partial charge in [-0.1, -0.05) is 18.2 Å². The molecule has 0 spiro atoms. The standard InChI is InChI=1S/C17H22N2O/c1-12-9-13(16-7-2-3-8-17(16)19-12)11-18-14-5-4-6-15(20)10-14/h2-3,7-9,14-15,18,20H,4-6,10-11H2,1H3. The molecule has 0 amide bonds. The van der Waals surface area contributed by atoms with Gasteiger partial charge in [-0.25, -0.2) is 0 Å². The van der Waals surface area contributed by atoms with Crippen molar-refractivity contribution >= 4 is 10.9 Å². The zero-order valence-electron chi connectivity index (χ0n) is 12.0. The highest BCUT2D eigenvalue weighted by atomic mass is 16.3. The molecule has 2 atom stereocenters. The van der Waals surface area contributed by atoms with Crippen molar-refractivity contribution in [3.05, 3.63) is 41.6 Å². The molecule has 2 aromatic rings. The van der Waals surface area contributed by atoms with Crippen molar-refractivity contribution < 1.29 is 5.11 Å². The van der Waals surface area contributed by atoms with E-state index in [-0.39, 0.29) is 6.10 Å².